The average molecular weight is 321 g/mol. The van der Waals surface area contributed by atoms with E-state index in [1.165, 1.54) is 0 Å². The standard InChI is InChI=1S/C9H7BrClF4N/c10-6-3-5(12)4-7(11)8(6)16-2-1-9(13,14)15/h3-4,16H,1-2H2. The number of hydrogen-bond acceptors (Lipinski definition) is 1. The highest BCUT2D eigenvalue weighted by Gasteiger charge is 2.26. The Morgan fingerprint density at radius 2 is 1.94 bits per heavy atom. The van der Waals surface area contributed by atoms with Gasteiger partial charge in [-0.25, -0.2) is 4.39 Å². The molecule has 0 spiro atoms. The summed E-state index contributed by atoms with van der Waals surface area (Å²) in [5.41, 5.74) is 0.257. The SMILES string of the molecule is Fc1cc(Cl)c(NCCC(F)(F)F)c(Br)c1. The van der Waals surface area contributed by atoms with Gasteiger partial charge in [0.05, 0.1) is 17.1 Å². The van der Waals surface area contributed by atoms with Crippen molar-refractivity contribution in [2.24, 2.45) is 0 Å². The molecule has 0 atom stereocenters. The number of anilines is 1. The van der Waals surface area contributed by atoms with Crippen molar-refractivity contribution in [1.82, 2.24) is 0 Å². The van der Waals surface area contributed by atoms with E-state index in [1.54, 1.807) is 0 Å². The fraction of sp³-hybridized carbons (Fsp3) is 0.333. The van der Waals surface area contributed by atoms with Crippen molar-refractivity contribution in [3.8, 4) is 0 Å². The van der Waals surface area contributed by atoms with E-state index < -0.39 is 18.4 Å². The Morgan fingerprint density at radius 3 is 2.44 bits per heavy atom. The number of nitrogens with one attached hydrogen (secondary N) is 1. The molecule has 0 saturated carbocycles. The minimum atomic E-state index is -4.23. The van der Waals surface area contributed by atoms with Crippen LogP contribution >= 0.6 is 27.5 Å². The normalized spacial score (nSPS) is 11.6. The van der Waals surface area contributed by atoms with Gasteiger partial charge >= 0.3 is 6.18 Å². The van der Waals surface area contributed by atoms with E-state index in [0.29, 0.717) is 4.47 Å². The molecule has 0 radical (unpaired) electrons. The molecule has 0 fully saturated rings. The third-order valence-corrected chi connectivity index (χ3v) is 2.64. The molecule has 1 aromatic carbocycles. The van der Waals surface area contributed by atoms with E-state index in [1.807, 2.05) is 0 Å². The molecule has 1 N–H and O–H groups in total. The molecule has 16 heavy (non-hydrogen) atoms. The van der Waals surface area contributed by atoms with Crippen LogP contribution in [0, 0.1) is 5.82 Å². The summed E-state index contributed by atoms with van der Waals surface area (Å²) in [7, 11) is 0. The minimum absolute atomic E-state index is 0.0362. The predicted octanol–water partition coefficient (Wildman–Crippen LogP) is 4.61. The highest BCUT2D eigenvalue weighted by atomic mass is 79.9. The summed E-state index contributed by atoms with van der Waals surface area (Å²) in [6.45, 7) is -0.312. The van der Waals surface area contributed by atoms with Crippen LogP contribution < -0.4 is 5.32 Å². The van der Waals surface area contributed by atoms with Crippen LogP contribution in [-0.2, 0) is 0 Å². The molecule has 0 unspecified atom stereocenters. The summed E-state index contributed by atoms with van der Waals surface area (Å²) in [5.74, 6) is -0.557. The molecule has 0 heterocycles. The van der Waals surface area contributed by atoms with Crippen LogP contribution in [0.2, 0.25) is 5.02 Å². The van der Waals surface area contributed by atoms with Gasteiger partial charge in [-0.2, -0.15) is 13.2 Å². The summed E-state index contributed by atoms with van der Waals surface area (Å²) < 4.78 is 48.7. The number of hydrogen-bond donors (Lipinski definition) is 1. The Hall–Kier alpha value is -0.490. The molecular formula is C9H7BrClF4N. The van der Waals surface area contributed by atoms with Crippen LogP contribution in [-0.4, -0.2) is 12.7 Å². The third-order valence-electron chi connectivity index (χ3n) is 1.72. The van der Waals surface area contributed by atoms with Crippen LogP contribution in [0.3, 0.4) is 0 Å². The smallest absolute Gasteiger partial charge is 0.383 e. The van der Waals surface area contributed by atoms with Crippen molar-refractivity contribution in [1.29, 1.82) is 0 Å². The molecule has 0 aliphatic heterocycles. The van der Waals surface area contributed by atoms with E-state index in [0.717, 1.165) is 12.1 Å². The average Bonchev–Trinajstić information content (AvgIpc) is 2.07. The van der Waals surface area contributed by atoms with Gasteiger partial charge in [0, 0.05) is 11.0 Å². The first-order valence-electron chi connectivity index (χ1n) is 4.25. The van der Waals surface area contributed by atoms with E-state index in [4.69, 9.17) is 11.6 Å². The van der Waals surface area contributed by atoms with Crippen molar-refractivity contribution in [3.05, 3.63) is 27.4 Å². The quantitative estimate of drug-likeness (QED) is 0.802. The molecule has 0 aliphatic carbocycles. The maximum atomic E-state index is 12.8. The van der Waals surface area contributed by atoms with Crippen molar-refractivity contribution < 1.29 is 17.6 Å². The van der Waals surface area contributed by atoms with Crippen LogP contribution in [0.1, 0.15) is 6.42 Å². The lowest BCUT2D eigenvalue weighted by Gasteiger charge is -2.12. The van der Waals surface area contributed by atoms with Gasteiger partial charge in [0.25, 0.3) is 0 Å². The molecule has 0 saturated heterocycles. The summed E-state index contributed by atoms with van der Waals surface area (Å²) >= 11 is 8.68. The lowest BCUT2D eigenvalue weighted by Crippen LogP contribution is -2.15. The summed E-state index contributed by atoms with van der Waals surface area (Å²) in [6, 6.07) is 2.16. The van der Waals surface area contributed by atoms with Gasteiger partial charge in [-0.15, -0.1) is 0 Å². The largest absolute Gasteiger partial charge is 0.390 e. The van der Waals surface area contributed by atoms with E-state index in [9.17, 15) is 17.6 Å². The Labute approximate surface area is 103 Å². The second-order valence-electron chi connectivity index (χ2n) is 3.04. The molecule has 1 aromatic rings. The molecule has 1 nitrogen and oxygen atoms in total. The van der Waals surface area contributed by atoms with E-state index >= 15 is 0 Å². The van der Waals surface area contributed by atoms with Crippen molar-refractivity contribution >= 4 is 33.2 Å². The summed E-state index contributed by atoms with van der Waals surface area (Å²) in [6.07, 6.45) is -5.21. The third kappa shape index (κ3) is 4.17. The van der Waals surface area contributed by atoms with Crippen molar-refractivity contribution in [2.75, 3.05) is 11.9 Å². The topological polar surface area (TPSA) is 12.0 Å². The highest BCUT2D eigenvalue weighted by Crippen LogP contribution is 2.32. The maximum absolute atomic E-state index is 12.8. The highest BCUT2D eigenvalue weighted by molar-refractivity contribution is 9.10. The predicted molar refractivity (Wildman–Crippen MR) is 58.3 cm³/mol. The molecule has 1 rings (SSSR count). The summed E-state index contributed by atoms with van der Waals surface area (Å²) in [4.78, 5) is 0. The lowest BCUT2D eigenvalue weighted by molar-refractivity contribution is -0.131. The number of halogens is 6. The van der Waals surface area contributed by atoms with Gasteiger partial charge in [-0.05, 0) is 28.1 Å². The van der Waals surface area contributed by atoms with Gasteiger partial charge in [0.15, 0.2) is 0 Å². The fourth-order valence-corrected chi connectivity index (χ4v) is 2.00. The first-order valence-corrected chi connectivity index (χ1v) is 5.42. The van der Waals surface area contributed by atoms with Gasteiger partial charge < -0.3 is 5.32 Å². The van der Waals surface area contributed by atoms with Gasteiger partial charge in [0.2, 0.25) is 0 Å². The summed E-state index contributed by atoms with van der Waals surface area (Å²) in [5, 5.41) is 2.54. The number of alkyl halides is 3. The fourth-order valence-electron chi connectivity index (χ4n) is 1.04. The second kappa shape index (κ2) is 5.23. The number of rotatable bonds is 3. The Bertz CT molecular complexity index is 357. The van der Waals surface area contributed by atoms with Gasteiger partial charge in [0.1, 0.15) is 5.82 Å². The maximum Gasteiger partial charge on any atom is 0.390 e. The zero-order valence-corrected chi connectivity index (χ0v) is 10.2. The molecular weight excluding hydrogens is 313 g/mol. The second-order valence-corrected chi connectivity index (χ2v) is 4.30. The van der Waals surface area contributed by atoms with E-state index in [2.05, 4.69) is 21.2 Å². The van der Waals surface area contributed by atoms with E-state index in [-0.39, 0.29) is 17.3 Å². The van der Waals surface area contributed by atoms with Crippen molar-refractivity contribution in [2.45, 2.75) is 12.6 Å². The molecule has 0 amide bonds. The first kappa shape index (κ1) is 13.6. The van der Waals surface area contributed by atoms with Crippen LogP contribution in [0.5, 0.6) is 0 Å². The minimum Gasteiger partial charge on any atom is -0.383 e. The first-order chi connectivity index (χ1) is 7.29. The lowest BCUT2D eigenvalue weighted by atomic mass is 10.3. The molecule has 90 valence electrons. The molecule has 0 aromatic heterocycles. The van der Waals surface area contributed by atoms with Crippen molar-refractivity contribution in [3.63, 3.8) is 0 Å². The zero-order chi connectivity index (χ0) is 12.3. The Morgan fingerprint density at radius 1 is 1.31 bits per heavy atom. The Kier molecular flexibility index (Phi) is 4.43. The van der Waals surface area contributed by atoms with Crippen LogP contribution in [0.15, 0.2) is 16.6 Å². The van der Waals surface area contributed by atoms with Crippen LogP contribution in [0.25, 0.3) is 0 Å². The van der Waals surface area contributed by atoms with Gasteiger partial charge in [-0.3, -0.25) is 0 Å². The molecule has 0 aliphatic rings. The van der Waals surface area contributed by atoms with Crippen LogP contribution in [0.4, 0.5) is 23.2 Å². The zero-order valence-electron chi connectivity index (χ0n) is 7.84. The monoisotopic (exact) mass is 319 g/mol. The number of benzene rings is 1. The molecule has 7 heteroatoms. The van der Waals surface area contributed by atoms with Gasteiger partial charge in [-0.1, -0.05) is 11.6 Å². The molecule has 0 bridgehead atoms. The Balaban J connectivity index is 2.68.